The van der Waals surface area contributed by atoms with Gasteiger partial charge in [0.1, 0.15) is 0 Å². The van der Waals surface area contributed by atoms with Gasteiger partial charge in [-0.3, -0.25) is 0 Å². The summed E-state index contributed by atoms with van der Waals surface area (Å²) in [6.45, 7) is 14.5. The summed E-state index contributed by atoms with van der Waals surface area (Å²) in [7, 11) is -2.99. The first-order chi connectivity index (χ1) is 28.0. The first-order valence-corrected chi connectivity index (χ1v) is 27.5. The van der Waals surface area contributed by atoms with Crippen molar-refractivity contribution in [3.05, 3.63) is 182 Å². The Morgan fingerprint density at radius 2 is 0.621 bits per heavy atom. The summed E-state index contributed by atoms with van der Waals surface area (Å²) in [5.41, 5.74) is 7.04. The van der Waals surface area contributed by atoms with Crippen LogP contribution in [0, 0.1) is 0 Å². The lowest BCUT2D eigenvalue weighted by Gasteiger charge is -2.31. The zero-order valence-electron chi connectivity index (χ0n) is 34.2. The first-order valence-electron chi connectivity index (χ1n) is 20.5. The van der Waals surface area contributed by atoms with E-state index < -0.39 is 16.1 Å². The Labute approximate surface area is 344 Å². The fraction of sp³-hybridized carbons (Fsp3) is 0.111. The summed E-state index contributed by atoms with van der Waals surface area (Å²) in [5.74, 6) is 0. The van der Waals surface area contributed by atoms with Crippen LogP contribution in [-0.4, -0.2) is 16.1 Å². The summed E-state index contributed by atoms with van der Waals surface area (Å²) in [4.78, 5) is 4.98. The van der Waals surface area contributed by atoms with Gasteiger partial charge < -0.3 is 9.80 Å². The molecule has 4 heteroatoms. The van der Waals surface area contributed by atoms with Gasteiger partial charge in [-0.15, -0.1) is 0 Å². The molecule has 0 saturated carbocycles. The van der Waals surface area contributed by atoms with E-state index in [4.69, 9.17) is 0 Å². The molecule has 0 bridgehead atoms. The van der Waals surface area contributed by atoms with Gasteiger partial charge in [-0.05, 0) is 80.8 Å². The third kappa shape index (κ3) is 6.07. The molecular weight excluding hydrogens is 733 g/mol. The monoisotopic (exact) mass is 780 g/mol. The van der Waals surface area contributed by atoms with Crippen molar-refractivity contribution in [2.45, 2.75) is 39.3 Å². The lowest BCUT2D eigenvalue weighted by atomic mass is 9.91. The number of hydrogen-bond donors (Lipinski definition) is 0. The average molecular weight is 781 g/mol. The molecule has 0 heterocycles. The van der Waals surface area contributed by atoms with Crippen LogP contribution in [0.25, 0.3) is 53.9 Å². The molecule has 0 unspecified atom stereocenters. The van der Waals surface area contributed by atoms with Gasteiger partial charge in [0.15, 0.2) is 0 Å². The zero-order valence-corrected chi connectivity index (χ0v) is 36.2. The van der Waals surface area contributed by atoms with Crippen molar-refractivity contribution in [3.63, 3.8) is 0 Å². The van der Waals surface area contributed by atoms with Crippen molar-refractivity contribution >= 4 is 115 Å². The minimum absolute atomic E-state index is 1.16. The van der Waals surface area contributed by atoms with Crippen molar-refractivity contribution in [2.75, 3.05) is 9.80 Å². The van der Waals surface area contributed by atoms with E-state index in [2.05, 4.69) is 231 Å². The van der Waals surface area contributed by atoms with E-state index in [-0.39, 0.29) is 0 Å². The molecule has 2 nitrogen and oxygen atoms in total. The minimum atomic E-state index is -1.49. The standard InChI is InChI=1S/C54H48N2Si2/c1-57(2,3)43-29-25-41(26-30-43)55(49-19-11-15-37-13-7-9-17-45(37)49)51-35-23-39-22-34-48-52(36-24-40-21-33-47(51)53(39)54(40)48)56(42-27-31-44(32-28-42)58(4,5)6)50-20-12-16-38-14-8-10-18-46(38)50/h7-36H,1-6H3. The normalized spacial score (nSPS) is 12.3. The lowest BCUT2D eigenvalue weighted by Crippen LogP contribution is -2.37. The molecule has 0 aliphatic heterocycles. The van der Waals surface area contributed by atoms with Gasteiger partial charge in [-0.2, -0.15) is 0 Å². The predicted molar refractivity (Wildman–Crippen MR) is 260 cm³/mol. The van der Waals surface area contributed by atoms with Crippen LogP contribution in [0.4, 0.5) is 34.1 Å². The fourth-order valence-corrected chi connectivity index (χ4v) is 11.3. The maximum atomic E-state index is 2.49. The molecule has 10 aromatic carbocycles. The van der Waals surface area contributed by atoms with Gasteiger partial charge in [-0.25, -0.2) is 0 Å². The SMILES string of the molecule is C[Si](C)(C)c1ccc(N(c2cccc3ccccc23)c2ccc3ccc4c(N(c5ccc([Si](C)(C)C)cc5)c5cccc6ccccc56)ccc5ccc2c3c54)cc1. The summed E-state index contributed by atoms with van der Waals surface area (Å²) in [6.07, 6.45) is 0. The summed E-state index contributed by atoms with van der Waals surface area (Å²) >= 11 is 0. The van der Waals surface area contributed by atoms with Crippen LogP contribution in [-0.2, 0) is 0 Å². The van der Waals surface area contributed by atoms with Gasteiger partial charge in [0, 0.05) is 32.9 Å². The second kappa shape index (κ2) is 13.7. The number of anilines is 6. The maximum absolute atomic E-state index is 2.49. The average Bonchev–Trinajstić information content (AvgIpc) is 3.23. The Morgan fingerprint density at radius 3 is 1.02 bits per heavy atom. The molecule has 0 aromatic heterocycles. The largest absolute Gasteiger partial charge is 0.309 e. The van der Waals surface area contributed by atoms with Gasteiger partial charge in [0.2, 0.25) is 0 Å². The van der Waals surface area contributed by atoms with Gasteiger partial charge in [0.25, 0.3) is 0 Å². The molecule has 10 rings (SSSR count). The topological polar surface area (TPSA) is 6.48 Å². The lowest BCUT2D eigenvalue weighted by molar-refractivity contribution is 1.31. The Kier molecular flexibility index (Phi) is 8.56. The van der Waals surface area contributed by atoms with Crippen molar-refractivity contribution in [2.24, 2.45) is 0 Å². The molecule has 282 valence electrons. The quantitative estimate of drug-likeness (QED) is 0.112. The summed E-state index contributed by atoms with van der Waals surface area (Å²) in [6, 6.07) is 68.4. The molecule has 0 aliphatic rings. The second-order valence-electron chi connectivity index (χ2n) is 17.9. The van der Waals surface area contributed by atoms with Crippen LogP contribution < -0.4 is 20.2 Å². The van der Waals surface area contributed by atoms with E-state index in [1.165, 1.54) is 87.0 Å². The number of benzene rings is 10. The molecule has 58 heavy (non-hydrogen) atoms. The molecule has 0 spiro atoms. The highest BCUT2D eigenvalue weighted by Crippen LogP contribution is 2.49. The number of fused-ring (bicyclic) bond motifs is 2. The molecule has 0 atom stereocenters. The third-order valence-electron chi connectivity index (χ3n) is 12.1. The van der Waals surface area contributed by atoms with Crippen molar-refractivity contribution in [1.29, 1.82) is 0 Å². The number of nitrogens with zero attached hydrogens (tertiary/aromatic N) is 2. The van der Waals surface area contributed by atoms with Crippen LogP contribution in [0.15, 0.2) is 182 Å². The van der Waals surface area contributed by atoms with Gasteiger partial charge >= 0.3 is 0 Å². The Morgan fingerprint density at radius 1 is 0.276 bits per heavy atom. The Hall–Kier alpha value is -6.21. The molecule has 0 N–H and O–H groups in total. The highest BCUT2D eigenvalue weighted by Gasteiger charge is 2.25. The zero-order chi connectivity index (χ0) is 39.8. The van der Waals surface area contributed by atoms with Crippen LogP contribution >= 0.6 is 0 Å². The molecule has 0 amide bonds. The molecule has 0 aliphatic carbocycles. The second-order valence-corrected chi connectivity index (χ2v) is 28.0. The first kappa shape index (κ1) is 36.2. The molecule has 0 fully saturated rings. The summed E-state index contributed by atoms with van der Waals surface area (Å²) in [5, 5.41) is 15.4. The van der Waals surface area contributed by atoms with Crippen LogP contribution in [0.5, 0.6) is 0 Å². The third-order valence-corrected chi connectivity index (χ3v) is 16.2. The Balaban J connectivity index is 1.24. The van der Waals surface area contributed by atoms with Crippen molar-refractivity contribution in [1.82, 2.24) is 0 Å². The minimum Gasteiger partial charge on any atom is -0.309 e. The van der Waals surface area contributed by atoms with Crippen molar-refractivity contribution in [3.8, 4) is 0 Å². The highest BCUT2D eigenvalue weighted by molar-refractivity contribution is 6.89. The summed E-state index contributed by atoms with van der Waals surface area (Å²) < 4.78 is 0. The fourth-order valence-electron chi connectivity index (χ4n) is 9.00. The molecule has 0 radical (unpaired) electrons. The van der Waals surface area contributed by atoms with E-state index >= 15 is 0 Å². The van der Waals surface area contributed by atoms with E-state index in [0.717, 1.165) is 11.4 Å². The van der Waals surface area contributed by atoms with Crippen molar-refractivity contribution < 1.29 is 0 Å². The van der Waals surface area contributed by atoms with E-state index in [1.54, 1.807) is 0 Å². The van der Waals surface area contributed by atoms with Gasteiger partial charge in [-0.1, -0.05) is 183 Å². The highest BCUT2D eigenvalue weighted by atomic mass is 28.3. The number of rotatable bonds is 8. The van der Waals surface area contributed by atoms with E-state index in [1.807, 2.05) is 0 Å². The molecule has 0 saturated heterocycles. The van der Waals surface area contributed by atoms with Gasteiger partial charge in [0.05, 0.1) is 38.9 Å². The van der Waals surface area contributed by atoms with E-state index in [0.29, 0.717) is 0 Å². The van der Waals surface area contributed by atoms with E-state index in [9.17, 15) is 0 Å². The maximum Gasteiger partial charge on any atom is 0.0775 e. The molecule has 10 aromatic rings. The van der Waals surface area contributed by atoms with Crippen LogP contribution in [0.1, 0.15) is 0 Å². The number of hydrogen-bond acceptors (Lipinski definition) is 2. The Bertz CT molecular complexity index is 2910. The van der Waals surface area contributed by atoms with Crippen LogP contribution in [0.2, 0.25) is 39.3 Å². The molecular formula is C54H48N2Si2. The van der Waals surface area contributed by atoms with Crippen LogP contribution in [0.3, 0.4) is 0 Å². The smallest absolute Gasteiger partial charge is 0.0775 e. The predicted octanol–water partition coefficient (Wildman–Crippen LogP) is 14.9.